The predicted molar refractivity (Wildman–Crippen MR) is 56.6 cm³/mol. The Balaban J connectivity index is 1.87. The van der Waals surface area contributed by atoms with E-state index in [1.54, 1.807) is 0 Å². The zero-order valence-corrected chi connectivity index (χ0v) is 9.05. The van der Waals surface area contributed by atoms with E-state index in [0.717, 1.165) is 23.7 Å². The fourth-order valence-electron chi connectivity index (χ4n) is 3.57. The first-order valence-corrected chi connectivity index (χ1v) is 5.94. The maximum atomic E-state index is 3.33. The van der Waals surface area contributed by atoms with E-state index in [1.165, 1.54) is 38.6 Å². The maximum absolute atomic E-state index is 3.33. The van der Waals surface area contributed by atoms with Crippen molar-refractivity contribution in [2.45, 2.75) is 39.0 Å². The van der Waals surface area contributed by atoms with Crippen LogP contribution >= 0.6 is 0 Å². The summed E-state index contributed by atoms with van der Waals surface area (Å²) in [5, 5.41) is 3.33. The summed E-state index contributed by atoms with van der Waals surface area (Å²) in [6.45, 7) is 3.68. The van der Waals surface area contributed by atoms with Crippen molar-refractivity contribution in [2.75, 3.05) is 13.6 Å². The third-order valence-corrected chi connectivity index (χ3v) is 4.17. The molecule has 13 heavy (non-hydrogen) atoms. The van der Waals surface area contributed by atoms with E-state index in [2.05, 4.69) is 19.3 Å². The van der Waals surface area contributed by atoms with Crippen molar-refractivity contribution in [2.24, 2.45) is 23.7 Å². The second-order valence-corrected chi connectivity index (χ2v) is 5.33. The van der Waals surface area contributed by atoms with Crippen LogP contribution in [0.1, 0.15) is 39.0 Å². The standard InChI is InChI=1S/C12H23N/c1-9-3-4-11-6-10(8-13-2)7-12(11)5-9/h9-13H,3-8H2,1-2H3. The van der Waals surface area contributed by atoms with E-state index in [4.69, 9.17) is 0 Å². The van der Waals surface area contributed by atoms with Crippen LogP contribution < -0.4 is 5.32 Å². The Morgan fingerprint density at radius 2 is 1.85 bits per heavy atom. The lowest BCUT2D eigenvalue weighted by Crippen LogP contribution is -2.18. The monoisotopic (exact) mass is 181 g/mol. The second-order valence-electron chi connectivity index (χ2n) is 5.33. The second kappa shape index (κ2) is 4.00. The Kier molecular flexibility index (Phi) is 2.92. The van der Waals surface area contributed by atoms with Crippen LogP contribution in [0.2, 0.25) is 0 Å². The van der Waals surface area contributed by atoms with Crippen molar-refractivity contribution >= 4 is 0 Å². The predicted octanol–water partition coefficient (Wildman–Crippen LogP) is 2.67. The highest BCUT2D eigenvalue weighted by Crippen LogP contribution is 2.46. The van der Waals surface area contributed by atoms with Gasteiger partial charge in [-0.3, -0.25) is 0 Å². The first kappa shape index (κ1) is 9.51. The first-order chi connectivity index (χ1) is 6.29. The lowest BCUT2D eigenvalue weighted by atomic mass is 9.77. The molecule has 76 valence electrons. The van der Waals surface area contributed by atoms with Gasteiger partial charge in [0.1, 0.15) is 0 Å². The smallest absolute Gasteiger partial charge is 0.00233 e. The number of fused-ring (bicyclic) bond motifs is 1. The molecule has 0 aliphatic heterocycles. The minimum atomic E-state index is 0.991. The Morgan fingerprint density at radius 1 is 1.08 bits per heavy atom. The van der Waals surface area contributed by atoms with Gasteiger partial charge in [-0.25, -0.2) is 0 Å². The normalized spacial score (nSPS) is 44.8. The van der Waals surface area contributed by atoms with Crippen LogP contribution in [0.15, 0.2) is 0 Å². The molecule has 2 aliphatic carbocycles. The van der Waals surface area contributed by atoms with E-state index in [-0.39, 0.29) is 0 Å². The first-order valence-electron chi connectivity index (χ1n) is 5.94. The summed E-state index contributed by atoms with van der Waals surface area (Å²) >= 11 is 0. The van der Waals surface area contributed by atoms with Crippen LogP contribution in [0.25, 0.3) is 0 Å². The van der Waals surface area contributed by atoms with E-state index in [9.17, 15) is 0 Å². The van der Waals surface area contributed by atoms with Crippen molar-refractivity contribution in [1.29, 1.82) is 0 Å². The number of rotatable bonds is 2. The Hall–Kier alpha value is -0.0400. The molecule has 0 radical (unpaired) electrons. The van der Waals surface area contributed by atoms with Crippen LogP contribution in [0.4, 0.5) is 0 Å². The van der Waals surface area contributed by atoms with Gasteiger partial charge in [0.25, 0.3) is 0 Å². The molecule has 2 rings (SSSR count). The summed E-state index contributed by atoms with van der Waals surface area (Å²) in [4.78, 5) is 0. The molecule has 2 aliphatic rings. The number of hydrogen-bond acceptors (Lipinski definition) is 1. The average Bonchev–Trinajstić information content (AvgIpc) is 2.46. The topological polar surface area (TPSA) is 12.0 Å². The van der Waals surface area contributed by atoms with Crippen molar-refractivity contribution in [3.05, 3.63) is 0 Å². The van der Waals surface area contributed by atoms with Gasteiger partial charge in [0.2, 0.25) is 0 Å². The lowest BCUT2D eigenvalue weighted by molar-refractivity contribution is 0.220. The fraction of sp³-hybridized carbons (Fsp3) is 1.00. The van der Waals surface area contributed by atoms with E-state index < -0.39 is 0 Å². The number of nitrogens with one attached hydrogen (secondary N) is 1. The quantitative estimate of drug-likeness (QED) is 0.690. The molecule has 4 unspecified atom stereocenters. The summed E-state index contributed by atoms with van der Waals surface area (Å²) < 4.78 is 0. The van der Waals surface area contributed by atoms with Crippen molar-refractivity contribution in [1.82, 2.24) is 5.32 Å². The lowest BCUT2D eigenvalue weighted by Gasteiger charge is -2.29. The molecule has 0 saturated heterocycles. The maximum Gasteiger partial charge on any atom is -0.00233 e. The van der Waals surface area contributed by atoms with Crippen LogP contribution in [-0.2, 0) is 0 Å². The molecule has 0 spiro atoms. The molecule has 0 aromatic carbocycles. The van der Waals surface area contributed by atoms with Gasteiger partial charge in [0, 0.05) is 0 Å². The van der Waals surface area contributed by atoms with Gasteiger partial charge in [0.15, 0.2) is 0 Å². The largest absolute Gasteiger partial charge is 0.319 e. The van der Waals surface area contributed by atoms with Crippen LogP contribution in [0.3, 0.4) is 0 Å². The van der Waals surface area contributed by atoms with Crippen molar-refractivity contribution in [3.63, 3.8) is 0 Å². The summed E-state index contributed by atoms with van der Waals surface area (Å²) in [7, 11) is 2.09. The molecule has 0 heterocycles. The average molecular weight is 181 g/mol. The highest BCUT2D eigenvalue weighted by atomic mass is 14.8. The molecule has 0 bridgehead atoms. The van der Waals surface area contributed by atoms with Crippen molar-refractivity contribution < 1.29 is 0 Å². The molecule has 1 N–H and O–H groups in total. The SMILES string of the molecule is CNCC1CC2CCC(C)CC2C1. The summed E-state index contributed by atoms with van der Waals surface area (Å²) in [6, 6.07) is 0. The molecule has 0 aromatic rings. The van der Waals surface area contributed by atoms with Gasteiger partial charge in [-0.05, 0) is 62.9 Å². The van der Waals surface area contributed by atoms with Gasteiger partial charge in [0.05, 0.1) is 0 Å². The van der Waals surface area contributed by atoms with E-state index in [1.807, 2.05) is 0 Å². The van der Waals surface area contributed by atoms with E-state index in [0.29, 0.717) is 0 Å². The van der Waals surface area contributed by atoms with Gasteiger partial charge >= 0.3 is 0 Å². The number of hydrogen-bond donors (Lipinski definition) is 1. The van der Waals surface area contributed by atoms with Crippen LogP contribution in [0, 0.1) is 23.7 Å². The molecule has 0 amide bonds. The minimum absolute atomic E-state index is 0.991. The minimum Gasteiger partial charge on any atom is -0.319 e. The summed E-state index contributed by atoms with van der Waals surface area (Å²) in [6.07, 6.45) is 7.55. The van der Waals surface area contributed by atoms with Gasteiger partial charge < -0.3 is 5.32 Å². The molecular formula is C12H23N. The molecular weight excluding hydrogens is 158 g/mol. The highest BCUT2D eigenvalue weighted by Gasteiger charge is 2.36. The Bertz CT molecular complexity index is 167. The molecule has 2 fully saturated rings. The molecule has 1 nitrogen and oxygen atoms in total. The van der Waals surface area contributed by atoms with Gasteiger partial charge in [-0.15, -0.1) is 0 Å². The summed E-state index contributed by atoms with van der Waals surface area (Å²) in [5.41, 5.74) is 0. The third-order valence-electron chi connectivity index (χ3n) is 4.17. The summed E-state index contributed by atoms with van der Waals surface area (Å²) in [5.74, 6) is 4.18. The Morgan fingerprint density at radius 3 is 2.62 bits per heavy atom. The third kappa shape index (κ3) is 2.07. The van der Waals surface area contributed by atoms with E-state index >= 15 is 0 Å². The molecule has 2 saturated carbocycles. The van der Waals surface area contributed by atoms with Crippen LogP contribution in [0.5, 0.6) is 0 Å². The highest BCUT2D eigenvalue weighted by molar-refractivity contribution is 4.88. The zero-order valence-electron chi connectivity index (χ0n) is 9.05. The fourth-order valence-corrected chi connectivity index (χ4v) is 3.57. The van der Waals surface area contributed by atoms with Gasteiger partial charge in [-0.1, -0.05) is 13.3 Å². The zero-order chi connectivity index (χ0) is 9.26. The van der Waals surface area contributed by atoms with Gasteiger partial charge in [-0.2, -0.15) is 0 Å². The van der Waals surface area contributed by atoms with Crippen molar-refractivity contribution in [3.8, 4) is 0 Å². The molecule has 4 atom stereocenters. The Labute approximate surface area is 82.3 Å². The molecule has 1 heteroatoms. The van der Waals surface area contributed by atoms with Crippen LogP contribution in [-0.4, -0.2) is 13.6 Å². The molecule has 0 aromatic heterocycles.